The van der Waals surface area contributed by atoms with Crippen LogP contribution in [-0.2, 0) is 10.2 Å². The number of nitrogens with one attached hydrogen (secondary N) is 1. The van der Waals surface area contributed by atoms with Crippen LogP contribution in [0.5, 0.6) is 0 Å². The molecule has 5 nitrogen and oxygen atoms in total. The van der Waals surface area contributed by atoms with Crippen molar-refractivity contribution in [1.29, 1.82) is 0 Å². The SMILES string of the molecule is CCN(CC)S(=O)(=O)Nc1cccc(C#CCO)c1. The van der Waals surface area contributed by atoms with Crippen molar-refractivity contribution in [3.8, 4) is 11.8 Å². The van der Waals surface area contributed by atoms with Crippen molar-refractivity contribution in [2.45, 2.75) is 13.8 Å². The summed E-state index contributed by atoms with van der Waals surface area (Å²) in [5, 5.41) is 8.63. The van der Waals surface area contributed by atoms with Gasteiger partial charge in [-0.15, -0.1) is 0 Å². The van der Waals surface area contributed by atoms with Gasteiger partial charge in [-0.1, -0.05) is 31.8 Å². The fourth-order valence-electron chi connectivity index (χ4n) is 1.58. The Balaban J connectivity index is 2.94. The van der Waals surface area contributed by atoms with Gasteiger partial charge in [-0.2, -0.15) is 12.7 Å². The Labute approximate surface area is 114 Å². The Hall–Kier alpha value is -1.55. The number of anilines is 1. The summed E-state index contributed by atoms with van der Waals surface area (Å²) in [6.07, 6.45) is 0. The molecule has 0 aliphatic carbocycles. The number of benzene rings is 1. The zero-order valence-corrected chi connectivity index (χ0v) is 11.9. The van der Waals surface area contributed by atoms with Gasteiger partial charge in [0.05, 0.1) is 5.69 Å². The van der Waals surface area contributed by atoms with E-state index in [4.69, 9.17) is 5.11 Å². The molecule has 0 atom stereocenters. The van der Waals surface area contributed by atoms with Crippen molar-refractivity contribution >= 4 is 15.9 Å². The summed E-state index contributed by atoms with van der Waals surface area (Å²) in [4.78, 5) is 0. The normalized spacial score (nSPS) is 10.9. The highest BCUT2D eigenvalue weighted by Crippen LogP contribution is 2.13. The zero-order chi connectivity index (χ0) is 14.3. The molecule has 19 heavy (non-hydrogen) atoms. The third kappa shape index (κ3) is 4.56. The molecule has 1 rings (SSSR count). The van der Waals surface area contributed by atoms with E-state index in [1.165, 1.54) is 4.31 Å². The first-order valence-corrected chi connectivity index (χ1v) is 7.45. The molecule has 0 bridgehead atoms. The molecule has 0 fully saturated rings. The van der Waals surface area contributed by atoms with Crippen molar-refractivity contribution in [3.63, 3.8) is 0 Å². The van der Waals surface area contributed by atoms with E-state index in [0.29, 0.717) is 24.3 Å². The predicted molar refractivity (Wildman–Crippen MR) is 75.9 cm³/mol. The molecule has 0 amide bonds. The average Bonchev–Trinajstić information content (AvgIpc) is 2.37. The third-order valence-corrected chi connectivity index (χ3v) is 4.16. The quantitative estimate of drug-likeness (QED) is 0.793. The van der Waals surface area contributed by atoms with Gasteiger partial charge >= 0.3 is 10.2 Å². The largest absolute Gasteiger partial charge is 0.384 e. The van der Waals surface area contributed by atoms with Gasteiger partial charge in [0, 0.05) is 18.7 Å². The first kappa shape index (κ1) is 15.5. The van der Waals surface area contributed by atoms with Crippen molar-refractivity contribution < 1.29 is 13.5 Å². The second kappa shape index (κ2) is 7.14. The van der Waals surface area contributed by atoms with Gasteiger partial charge in [-0.05, 0) is 18.2 Å². The van der Waals surface area contributed by atoms with Crippen LogP contribution >= 0.6 is 0 Å². The Bertz CT molecular complexity index is 569. The van der Waals surface area contributed by atoms with Crippen LogP contribution in [0.2, 0.25) is 0 Å². The summed E-state index contributed by atoms with van der Waals surface area (Å²) in [5.41, 5.74) is 1.10. The van der Waals surface area contributed by atoms with Gasteiger partial charge in [0.25, 0.3) is 0 Å². The maximum Gasteiger partial charge on any atom is 0.301 e. The van der Waals surface area contributed by atoms with E-state index in [1.807, 2.05) is 0 Å². The highest BCUT2D eigenvalue weighted by molar-refractivity contribution is 7.90. The lowest BCUT2D eigenvalue weighted by Crippen LogP contribution is -2.35. The van der Waals surface area contributed by atoms with Crippen LogP contribution in [-0.4, -0.2) is 37.5 Å². The van der Waals surface area contributed by atoms with E-state index in [2.05, 4.69) is 16.6 Å². The predicted octanol–water partition coefficient (Wildman–Crippen LogP) is 1.03. The molecule has 0 aliphatic rings. The molecular weight excluding hydrogens is 264 g/mol. The highest BCUT2D eigenvalue weighted by Gasteiger charge is 2.18. The van der Waals surface area contributed by atoms with Gasteiger partial charge in [-0.25, -0.2) is 0 Å². The van der Waals surface area contributed by atoms with Crippen LogP contribution in [0.25, 0.3) is 0 Å². The summed E-state index contributed by atoms with van der Waals surface area (Å²) in [6.45, 7) is 4.17. The molecule has 6 heteroatoms. The molecule has 0 spiro atoms. The molecular formula is C13H18N2O3S. The van der Waals surface area contributed by atoms with E-state index in [1.54, 1.807) is 38.1 Å². The molecule has 0 aliphatic heterocycles. The molecule has 104 valence electrons. The summed E-state index contributed by atoms with van der Waals surface area (Å²) in [5.74, 6) is 5.25. The number of nitrogens with zero attached hydrogens (tertiary/aromatic N) is 1. The minimum Gasteiger partial charge on any atom is -0.384 e. The zero-order valence-electron chi connectivity index (χ0n) is 11.0. The van der Waals surface area contributed by atoms with E-state index < -0.39 is 10.2 Å². The van der Waals surface area contributed by atoms with Crippen molar-refractivity contribution in [1.82, 2.24) is 4.31 Å². The van der Waals surface area contributed by atoms with Crippen LogP contribution < -0.4 is 4.72 Å². The van der Waals surface area contributed by atoms with Gasteiger partial charge in [0.2, 0.25) is 0 Å². The third-order valence-electron chi connectivity index (χ3n) is 2.47. The Morgan fingerprint density at radius 2 is 2.00 bits per heavy atom. The number of rotatable bonds is 5. The van der Waals surface area contributed by atoms with Crippen molar-refractivity contribution in [2.24, 2.45) is 0 Å². The van der Waals surface area contributed by atoms with Gasteiger partial charge < -0.3 is 5.11 Å². The van der Waals surface area contributed by atoms with Crippen LogP contribution in [0.3, 0.4) is 0 Å². The Kier molecular flexibility index (Phi) is 5.83. The number of aliphatic hydroxyl groups excluding tert-OH is 1. The fraction of sp³-hybridized carbons (Fsp3) is 0.385. The molecule has 1 aromatic rings. The van der Waals surface area contributed by atoms with Crippen LogP contribution in [0.4, 0.5) is 5.69 Å². The van der Waals surface area contributed by atoms with Crippen molar-refractivity contribution in [3.05, 3.63) is 29.8 Å². The molecule has 0 heterocycles. The van der Waals surface area contributed by atoms with Gasteiger partial charge in [0.1, 0.15) is 6.61 Å². The first-order valence-electron chi connectivity index (χ1n) is 6.01. The molecule has 0 saturated carbocycles. The number of aliphatic hydroxyl groups is 1. The lowest BCUT2D eigenvalue weighted by atomic mass is 10.2. The first-order chi connectivity index (χ1) is 9.03. The van der Waals surface area contributed by atoms with Crippen LogP contribution in [0, 0.1) is 11.8 Å². The molecule has 0 aromatic heterocycles. The lowest BCUT2D eigenvalue weighted by molar-refractivity contribution is 0.350. The second-order valence-corrected chi connectivity index (χ2v) is 5.40. The minimum absolute atomic E-state index is 0.227. The standard InChI is InChI=1S/C13H18N2O3S/c1-3-15(4-2)19(17,18)14-13-9-5-7-12(11-13)8-6-10-16/h5,7,9,11,14,16H,3-4,10H2,1-2H3. The van der Waals surface area contributed by atoms with Crippen molar-refractivity contribution in [2.75, 3.05) is 24.4 Å². The van der Waals surface area contributed by atoms with Gasteiger partial charge in [0.15, 0.2) is 0 Å². The summed E-state index contributed by atoms with van der Waals surface area (Å²) in [7, 11) is -3.53. The highest BCUT2D eigenvalue weighted by atomic mass is 32.2. The van der Waals surface area contributed by atoms with Crippen LogP contribution in [0.15, 0.2) is 24.3 Å². The van der Waals surface area contributed by atoms with Gasteiger partial charge in [-0.3, -0.25) is 4.72 Å². The lowest BCUT2D eigenvalue weighted by Gasteiger charge is -2.19. The minimum atomic E-state index is -3.53. The molecule has 0 radical (unpaired) electrons. The van der Waals surface area contributed by atoms with E-state index >= 15 is 0 Å². The average molecular weight is 282 g/mol. The molecule has 2 N–H and O–H groups in total. The van der Waals surface area contributed by atoms with E-state index in [0.717, 1.165) is 0 Å². The smallest absolute Gasteiger partial charge is 0.301 e. The maximum atomic E-state index is 12.0. The molecule has 0 unspecified atom stereocenters. The number of hydrogen-bond donors (Lipinski definition) is 2. The summed E-state index contributed by atoms with van der Waals surface area (Å²) < 4.78 is 27.9. The fourth-order valence-corrected chi connectivity index (χ4v) is 2.81. The van der Waals surface area contributed by atoms with E-state index in [-0.39, 0.29) is 6.61 Å². The monoisotopic (exact) mass is 282 g/mol. The Morgan fingerprint density at radius 1 is 1.32 bits per heavy atom. The summed E-state index contributed by atoms with van der Waals surface area (Å²) in [6, 6.07) is 6.74. The Morgan fingerprint density at radius 3 is 2.58 bits per heavy atom. The maximum absolute atomic E-state index is 12.0. The second-order valence-electron chi connectivity index (χ2n) is 3.73. The summed E-state index contributed by atoms with van der Waals surface area (Å²) >= 11 is 0. The molecule has 0 saturated heterocycles. The molecule has 1 aromatic carbocycles. The van der Waals surface area contributed by atoms with Crippen LogP contribution in [0.1, 0.15) is 19.4 Å². The topological polar surface area (TPSA) is 69.6 Å². The number of hydrogen-bond acceptors (Lipinski definition) is 3. The van der Waals surface area contributed by atoms with E-state index in [9.17, 15) is 8.42 Å².